The number of quaternary nitrogens is 1. The molecule has 6 heteroatoms. The van der Waals surface area contributed by atoms with Crippen LogP contribution >= 0.6 is 10.7 Å². The van der Waals surface area contributed by atoms with E-state index in [0.29, 0.717) is 12.0 Å². The Morgan fingerprint density at radius 3 is 2.33 bits per heavy atom. The number of aliphatic carboxylic acids is 1. The van der Waals surface area contributed by atoms with Gasteiger partial charge in [0.25, 0.3) is 0 Å². The van der Waals surface area contributed by atoms with Gasteiger partial charge in [0.2, 0.25) is 0 Å². The fourth-order valence-corrected chi connectivity index (χ4v) is 4.84. The molecule has 30 heavy (non-hydrogen) atoms. The molecule has 0 radical (unpaired) electrons. The Morgan fingerprint density at radius 2 is 1.83 bits per heavy atom. The number of carboxylic acid groups (broad SMARTS) is 1. The lowest BCUT2D eigenvalue weighted by atomic mass is 9.90. The highest BCUT2D eigenvalue weighted by molar-refractivity contribution is 8.10. The smallest absolute Gasteiger partial charge is 0.333 e. The Bertz CT molecular complexity index is 809. The molecule has 0 fully saturated rings. The molecule has 0 saturated carbocycles. The number of hydrogen-bond acceptors (Lipinski definition) is 3. The van der Waals surface area contributed by atoms with Gasteiger partial charge in [0.05, 0.1) is 11.3 Å². The summed E-state index contributed by atoms with van der Waals surface area (Å²) in [6.07, 6.45) is 6.58. The van der Waals surface area contributed by atoms with E-state index in [0.717, 1.165) is 56.0 Å². The van der Waals surface area contributed by atoms with Crippen LogP contribution in [-0.4, -0.2) is 39.2 Å². The number of hydrogen-bond donors (Lipinski definition) is 2. The van der Waals surface area contributed by atoms with Crippen LogP contribution in [0.2, 0.25) is 0 Å². The predicted molar refractivity (Wildman–Crippen MR) is 126 cm³/mol. The molecule has 0 aliphatic heterocycles. The second-order valence-electron chi connectivity index (χ2n) is 7.86. The number of nitrogens with zero attached hydrogens (tertiary/aromatic N) is 1. The second-order valence-corrected chi connectivity index (χ2v) is 10.1. The van der Waals surface area contributed by atoms with Gasteiger partial charge < -0.3 is 19.9 Å². The molecule has 1 aliphatic carbocycles. The van der Waals surface area contributed by atoms with Gasteiger partial charge in [0.1, 0.15) is 16.3 Å². The zero-order valence-electron chi connectivity index (χ0n) is 18.8. The fraction of sp³-hybridized carbons (Fsp3) is 0.500. The highest BCUT2D eigenvalue weighted by atomic mass is 32.2. The molecule has 2 unspecified atom stereocenters. The van der Waals surface area contributed by atoms with E-state index >= 15 is 0 Å². The first-order valence-corrected chi connectivity index (χ1v) is 12.3. The van der Waals surface area contributed by atoms with Crippen molar-refractivity contribution in [3.8, 4) is 5.75 Å². The molecule has 0 spiro atoms. The van der Waals surface area contributed by atoms with Gasteiger partial charge in [-0.05, 0) is 44.2 Å². The summed E-state index contributed by atoms with van der Waals surface area (Å²) in [5, 5.41) is 16.5. The number of allylic oxidation sites excluding steroid dienone is 1. The molecule has 0 saturated heterocycles. The SMILES string of the molecule is C/C=S(\[NH3+])C1(C)CC(C(=O)O)=C(N(CCCC)CCCC)C=C1Oc1ccccc1. The fourth-order valence-electron chi connectivity index (χ4n) is 3.63. The van der Waals surface area contributed by atoms with E-state index in [1.807, 2.05) is 43.3 Å². The van der Waals surface area contributed by atoms with Gasteiger partial charge in [-0.2, -0.15) is 0 Å². The summed E-state index contributed by atoms with van der Waals surface area (Å²) in [4.78, 5) is 14.5. The molecule has 0 heterocycles. The van der Waals surface area contributed by atoms with Crippen molar-refractivity contribution in [2.75, 3.05) is 13.1 Å². The van der Waals surface area contributed by atoms with E-state index in [1.165, 1.54) is 0 Å². The van der Waals surface area contributed by atoms with Gasteiger partial charge in [-0.1, -0.05) is 44.9 Å². The number of ether oxygens (including phenoxy) is 1. The third-order valence-electron chi connectivity index (χ3n) is 5.61. The van der Waals surface area contributed by atoms with E-state index < -0.39 is 21.4 Å². The molecule has 0 amide bonds. The lowest BCUT2D eigenvalue weighted by Crippen LogP contribution is -2.52. The highest BCUT2D eigenvalue weighted by Crippen LogP contribution is 2.44. The van der Waals surface area contributed by atoms with Crippen molar-refractivity contribution in [1.29, 1.82) is 0 Å². The topological polar surface area (TPSA) is 77.4 Å². The van der Waals surface area contributed by atoms with Crippen LogP contribution in [0.1, 0.15) is 59.8 Å². The number of carbonyl (C=O) groups is 1. The van der Waals surface area contributed by atoms with E-state index in [-0.39, 0.29) is 0 Å². The van der Waals surface area contributed by atoms with Crippen LogP contribution in [0.15, 0.2) is 53.4 Å². The van der Waals surface area contributed by atoms with Crippen molar-refractivity contribution in [1.82, 2.24) is 4.90 Å². The lowest BCUT2D eigenvalue weighted by molar-refractivity contribution is -0.142. The zero-order valence-corrected chi connectivity index (χ0v) is 19.6. The molecule has 4 N–H and O–H groups in total. The van der Waals surface area contributed by atoms with Gasteiger partial charge in [0.15, 0.2) is 0 Å². The monoisotopic (exact) mass is 433 g/mol. The van der Waals surface area contributed by atoms with Crippen molar-refractivity contribution in [3.63, 3.8) is 0 Å². The van der Waals surface area contributed by atoms with Gasteiger partial charge in [-0.15, -0.1) is 0 Å². The van der Waals surface area contributed by atoms with Crippen molar-refractivity contribution in [2.45, 2.75) is 64.5 Å². The van der Waals surface area contributed by atoms with Gasteiger partial charge >= 0.3 is 5.97 Å². The van der Waals surface area contributed by atoms with Gasteiger partial charge in [-0.3, -0.25) is 0 Å². The molecule has 0 aromatic heterocycles. The largest absolute Gasteiger partial charge is 0.478 e. The van der Waals surface area contributed by atoms with Crippen LogP contribution in [0.25, 0.3) is 0 Å². The Labute approximate surface area is 183 Å². The van der Waals surface area contributed by atoms with Gasteiger partial charge in [-0.25, -0.2) is 4.79 Å². The maximum atomic E-state index is 12.3. The summed E-state index contributed by atoms with van der Waals surface area (Å²) in [7, 11) is -0.393. The molecular weight excluding hydrogens is 396 g/mol. The minimum atomic E-state index is -0.850. The van der Waals surface area contributed by atoms with Crippen molar-refractivity contribution in [3.05, 3.63) is 53.4 Å². The lowest BCUT2D eigenvalue weighted by Gasteiger charge is -2.38. The van der Waals surface area contributed by atoms with E-state index in [4.69, 9.17) is 4.74 Å². The summed E-state index contributed by atoms with van der Waals surface area (Å²) in [5.41, 5.74) is 1.26. The van der Waals surface area contributed by atoms with Crippen molar-refractivity contribution >= 4 is 22.0 Å². The molecule has 2 rings (SSSR count). The summed E-state index contributed by atoms with van der Waals surface area (Å²) in [5.74, 6) is 0.704. The molecule has 166 valence electrons. The third kappa shape index (κ3) is 5.76. The van der Waals surface area contributed by atoms with Crippen LogP contribution < -0.4 is 9.88 Å². The molecule has 1 aromatic rings. The number of benzene rings is 1. The standard InChI is InChI=1S/C24H36N2O3S/c1-5-8-15-26(16-9-6-2)21-17-22(29-19-13-11-10-12-14-19)24(4,30(25)7-3)18-20(21)23(27)28/h7,10-14,17H,5-6,8-9,15-16,18,25H2,1-4H3,(H,27,28)/p+1. The summed E-state index contributed by atoms with van der Waals surface area (Å²) >= 11 is 0. The first-order valence-electron chi connectivity index (χ1n) is 10.9. The highest BCUT2D eigenvalue weighted by Gasteiger charge is 2.43. The average molecular weight is 434 g/mol. The van der Waals surface area contributed by atoms with Crippen LogP contribution in [0.5, 0.6) is 5.75 Å². The molecule has 0 bridgehead atoms. The van der Waals surface area contributed by atoms with Crippen LogP contribution in [0, 0.1) is 0 Å². The Balaban J connectivity index is 2.58. The van der Waals surface area contributed by atoms with Crippen molar-refractivity contribution in [2.24, 2.45) is 0 Å². The van der Waals surface area contributed by atoms with Crippen LogP contribution in [0.3, 0.4) is 0 Å². The molecule has 2 atom stereocenters. The summed E-state index contributed by atoms with van der Waals surface area (Å²) in [6, 6.07) is 9.71. The molecule has 1 aliphatic rings. The number of rotatable bonds is 11. The van der Waals surface area contributed by atoms with E-state index in [9.17, 15) is 9.90 Å². The minimum absolute atomic E-state index is 0.393. The maximum absolute atomic E-state index is 12.3. The summed E-state index contributed by atoms with van der Waals surface area (Å²) < 4.78 is 5.87. The maximum Gasteiger partial charge on any atom is 0.333 e. The predicted octanol–water partition coefficient (Wildman–Crippen LogP) is 4.60. The molecule has 1 aromatic carbocycles. The number of para-hydroxylation sites is 1. The first kappa shape index (κ1) is 24.2. The van der Waals surface area contributed by atoms with Crippen LogP contribution in [-0.2, 0) is 4.79 Å². The quantitative estimate of drug-likeness (QED) is 0.500. The van der Waals surface area contributed by atoms with Gasteiger partial charge in [0, 0.05) is 36.3 Å². The normalized spacial score (nSPS) is 20.1. The zero-order chi connectivity index (χ0) is 22.1. The van der Waals surface area contributed by atoms with Crippen LogP contribution in [0.4, 0.5) is 0 Å². The van der Waals surface area contributed by atoms with Crippen molar-refractivity contribution < 1.29 is 19.8 Å². The first-order chi connectivity index (χ1) is 14.4. The minimum Gasteiger partial charge on any atom is -0.478 e. The summed E-state index contributed by atoms with van der Waals surface area (Å²) in [6.45, 7) is 10.1. The number of carboxylic acids is 1. The molecular formula is C24H37N2O3S+. The third-order valence-corrected chi connectivity index (χ3v) is 7.68. The Hall–Kier alpha value is -2.05. The Morgan fingerprint density at radius 1 is 1.23 bits per heavy atom. The Kier molecular flexibility index (Phi) is 9.18. The second kappa shape index (κ2) is 11.4. The average Bonchev–Trinajstić information content (AvgIpc) is 2.75. The van der Waals surface area contributed by atoms with E-state index in [1.54, 1.807) is 0 Å². The molecule has 5 nitrogen and oxygen atoms in total. The van der Waals surface area contributed by atoms with E-state index in [2.05, 4.69) is 36.2 Å². The number of unbranched alkanes of at least 4 members (excludes halogenated alkanes) is 2.